The van der Waals surface area contributed by atoms with E-state index >= 15 is 0 Å². The van der Waals surface area contributed by atoms with E-state index in [0.29, 0.717) is 28.3 Å². The second kappa shape index (κ2) is 8.10. The van der Waals surface area contributed by atoms with Gasteiger partial charge in [-0.25, -0.2) is 15.0 Å². The van der Waals surface area contributed by atoms with Crippen LogP contribution in [0.5, 0.6) is 0 Å². The van der Waals surface area contributed by atoms with E-state index in [9.17, 15) is 4.79 Å². The summed E-state index contributed by atoms with van der Waals surface area (Å²) < 4.78 is 0. The molecule has 8 heteroatoms. The van der Waals surface area contributed by atoms with Gasteiger partial charge in [0.05, 0.1) is 17.0 Å². The molecule has 154 valence electrons. The van der Waals surface area contributed by atoms with Crippen molar-refractivity contribution in [1.29, 1.82) is 0 Å². The van der Waals surface area contributed by atoms with E-state index in [4.69, 9.17) is 4.98 Å². The van der Waals surface area contributed by atoms with Gasteiger partial charge < -0.3 is 4.90 Å². The minimum atomic E-state index is -0.228. The lowest BCUT2D eigenvalue weighted by Crippen LogP contribution is -2.22. The summed E-state index contributed by atoms with van der Waals surface area (Å²) in [6.45, 7) is 4.16. The molecule has 0 spiro atoms. The number of pyridine rings is 1. The van der Waals surface area contributed by atoms with Gasteiger partial charge in [-0.05, 0) is 50.2 Å². The maximum absolute atomic E-state index is 13.2. The number of aryl methyl sites for hydroxylation is 1. The van der Waals surface area contributed by atoms with E-state index < -0.39 is 0 Å². The number of rotatable bonds is 4. The number of carbonyl (C=O) groups excluding carboxylic acids is 1. The number of amides is 1. The highest BCUT2D eigenvalue weighted by molar-refractivity contribution is 7.15. The Labute approximate surface area is 179 Å². The molecule has 1 unspecified atom stereocenters. The number of hydrogen-bond donors (Lipinski definition) is 1. The molecule has 0 bridgehead atoms. The van der Waals surface area contributed by atoms with Crippen molar-refractivity contribution in [1.82, 2.24) is 19.9 Å². The SMILES string of the molecule is CC1CCc2nc(NC(=O)c3cnc(N4CCCC4)nc3-c3ccncc3)sc2C1. The molecule has 3 aromatic rings. The van der Waals surface area contributed by atoms with Gasteiger partial charge in [0.1, 0.15) is 0 Å². The summed E-state index contributed by atoms with van der Waals surface area (Å²) in [7, 11) is 0. The van der Waals surface area contributed by atoms with E-state index in [0.717, 1.165) is 56.5 Å². The highest BCUT2D eigenvalue weighted by atomic mass is 32.1. The Kier molecular flexibility index (Phi) is 5.16. The molecule has 1 saturated heterocycles. The number of aromatic nitrogens is 4. The van der Waals surface area contributed by atoms with Gasteiger partial charge in [-0.15, -0.1) is 11.3 Å². The predicted octanol–water partition coefficient (Wildman–Crippen LogP) is 3.97. The fraction of sp³-hybridized carbons (Fsp3) is 0.409. The summed E-state index contributed by atoms with van der Waals surface area (Å²) in [6.07, 6.45) is 10.5. The Balaban J connectivity index is 1.46. The third-order valence-corrected chi connectivity index (χ3v) is 6.81. The lowest BCUT2D eigenvalue weighted by Gasteiger charge is -2.17. The highest BCUT2D eigenvalue weighted by Crippen LogP contribution is 2.33. The molecule has 1 aliphatic heterocycles. The van der Waals surface area contributed by atoms with Crippen molar-refractivity contribution in [3.63, 3.8) is 0 Å². The number of fused-ring (bicyclic) bond motifs is 1. The quantitative estimate of drug-likeness (QED) is 0.687. The van der Waals surface area contributed by atoms with Crippen LogP contribution in [0.1, 0.15) is 47.1 Å². The van der Waals surface area contributed by atoms with Crippen molar-refractivity contribution in [2.45, 2.75) is 39.0 Å². The Morgan fingerprint density at radius 3 is 2.80 bits per heavy atom. The van der Waals surface area contributed by atoms with Gasteiger partial charge in [-0.3, -0.25) is 15.1 Å². The van der Waals surface area contributed by atoms with Gasteiger partial charge in [-0.2, -0.15) is 0 Å². The van der Waals surface area contributed by atoms with Crippen LogP contribution in [0.3, 0.4) is 0 Å². The standard InChI is InChI=1S/C22H24N6OS/c1-14-4-5-17-18(12-14)30-22(25-17)27-20(29)16-13-24-21(28-10-2-3-11-28)26-19(16)15-6-8-23-9-7-15/h6-9,13-14H,2-5,10-12H2,1H3,(H,25,27,29). The van der Waals surface area contributed by atoms with Crippen molar-refractivity contribution in [3.05, 3.63) is 46.9 Å². The minimum absolute atomic E-state index is 0.228. The van der Waals surface area contributed by atoms with Gasteiger partial charge in [0.15, 0.2) is 5.13 Å². The first kappa shape index (κ1) is 19.1. The van der Waals surface area contributed by atoms with Crippen LogP contribution in [0.4, 0.5) is 11.1 Å². The molecule has 4 heterocycles. The molecule has 0 radical (unpaired) electrons. The molecule has 1 atom stereocenters. The Hall–Kier alpha value is -2.87. The molecule has 1 N–H and O–H groups in total. The van der Waals surface area contributed by atoms with E-state index in [1.807, 2.05) is 12.1 Å². The number of hydrogen-bond acceptors (Lipinski definition) is 7. The molecule has 0 aromatic carbocycles. The summed E-state index contributed by atoms with van der Waals surface area (Å²) in [5, 5.41) is 3.64. The number of carbonyl (C=O) groups is 1. The van der Waals surface area contributed by atoms with Gasteiger partial charge in [0, 0.05) is 42.1 Å². The van der Waals surface area contributed by atoms with Crippen molar-refractivity contribution >= 4 is 28.3 Å². The van der Waals surface area contributed by atoms with Gasteiger partial charge in [0.2, 0.25) is 5.95 Å². The second-order valence-corrected chi connectivity index (χ2v) is 9.14. The number of anilines is 2. The summed E-state index contributed by atoms with van der Waals surface area (Å²) in [6, 6.07) is 3.74. The predicted molar refractivity (Wildman–Crippen MR) is 118 cm³/mol. The van der Waals surface area contributed by atoms with Crippen LogP contribution in [-0.4, -0.2) is 38.9 Å². The summed E-state index contributed by atoms with van der Waals surface area (Å²) in [4.78, 5) is 34.7. The van der Waals surface area contributed by atoms with E-state index in [1.165, 1.54) is 4.88 Å². The van der Waals surface area contributed by atoms with Crippen LogP contribution >= 0.6 is 11.3 Å². The number of nitrogens with zero attached hydrogens (tertiary/aromatic N) is 5. The highest BCUT2D eigenvalue weighted by Gasteiger charge is 2.23. The monoisotopic (exact) mass is 420 g/mol. The zero-order valence-electron chi connectivity index (χ0n) is 17.0. The van der Waals surface area contributed by atoms with Crippen molar-refractivity contribution < 1.29 is 4.79 Å². The molecule has 5 rings (SSSR count). The zero-order valence-corrected chi connectivity index (χ0v) is 17.8. The smallest absolute Gasteiger partial charge is 0.261 e. The molecule has 3 aromatic heterocycles. The maximum atomic E-state index is 13.2. The van der Waals surface area contributed by atoms with Crippen molar-refractivity contribution in [2.75, 3.05) is 23.3 Å². The molecule has 0 saturated carbocycles. The summed E-state index contributed by atoms with van der Waals surface area (Å²) in [5.41, 5.74) is 3.06. The third kappa shape index (κ3) is 3.79. The van der Waals surface area contributed by atoms with Gasteiger partial charge in [0.25, 0.3) is 5.91 Å². The minimum Gasteiger partial charge on any atom is -0.341 e. The Bertz CT molecular complexity index is 1060. The topological polar surface area (TPSA) is 83.9 Å². The van der Waals surface area contributed by atoms with Crippen molar-refractivity contribution in [3.8, 4) is 11.3 Å². The van der Waals surface area contributed by atoms with E-state index in [-0.39, 0.29) is 5.91 Å². The van der Waals surface area contributed by atoms with E-state index in [1.54, 1.807) is 29.9 Å². The van der Waals surface area contributed by atoms with Crippen LogP contribution in [0.2, 0.25) is 0 Å². The van der Waals surface area contributed by atoms with E-state index in [2.05, 4.69) is 32.1 Å². The fourth-order valence-electron chi connectivity index (χ4n) is 4.10. The molecular formula is C22H24N6OS. The first-order valence-electron chi connectivity index (χ1n) is 10.5. The third-order valence-electron chi connectivity index (χ3n) is 5.77. The average Bonchev–Trinajstić information content (AvgIpc) is 3.43. The van der Waals surface area contributed by atoms with Gasteiger partial charge in [-0.1, -0.05) is 6.92 Å². The Morgan fingerprint density at radius 1 is 1.20 bits per heavy atom. The first-order valence-corrected chi connectivity index (χ1v) is 11.3. The van der Waals surface area contributed by atoms with Crippen LogP contribution in [0.25, 0.3) is 11.3 Å². The Morgan fingerprint density at radius 2 is 2.00 bits per heavy atom. The molecule has 1 amide bonds. The summed E-state index contributed by atoms with van der Waals surface area (Å²) in [5.74, 6) is 1.12. The maximum Gasteiger partial charge on any atom is 0.261 e. The van der Waals surface area contributed by atoms with Crippen LogP contribution in [0, 0.1) is 5.92 Å². The zero-order chi connectivity index (χ0) is 20.5. The number of nitrogens with one attached hydrogen (secondary N) is 1. The second-order valence-electron chi connectivity index (χ2n) is 8.05. The number of thiazole rings is 1. The molecule has 30 heavy (non-hydrogen) atoms. The molecule has 7 nitrogen and oxygen atoms in total. The molecule has 1 fully saturated rings. The van der Waals surface area contributed by atoms with Crippen LogP contribution < -0.4 is 10.2 Å². The first-order chi connectivity index (χ1) is 14.7. The summed E-state index contributed by atoms with van der Waals surface area (Å²) >= 11 is 1.59. The fourth-order valence-corrected chi connectivity index (χ4v) is 5.26. The molecule has 1 aliphatic carbocycles. The van der Waals surface area contributed by atoms with Crippen LogP contribution in [0.15, 0.2) is 30.7 Å². The lowest BCUT2D eigenvalue weighted by molar-refractivity contribution is 0.102. The average molecular weight is 421 g/mol. The lowest BCUT2D eigenvalue weighted by atomic mass is 9.93. The molecule has 2 aliphatic rings. The van der Waals surface area contributed by atoms with Gasteiger partial charge >= 0.3 is 0 Å². The normalized spacial score (nSPS) is 18.3. The largest absolute Gasteiger partial charge is 0.341 e. The van der Waals surface area contributed by atoms with Crippen molar-refractivity contribution in [2.24, 2.45) is 5.92 Å². The van der Waals surface area contributed by atoms with Crippen LogP contribution in [-0.2, 0) is 12.8 Å². The molecular weight excluding hydrogens is 396 g/mol.